The molecule has 4 aromatic carbocycles. The van der Waals surface area contributed by atoms with Crippen molar-refractivity contribution in [2.24, 2.45) is 0 Å². The van der Waals surface area contributed by atoms with Crippen molar-refractivity contribution in [1.29, 1.82) is 0 Å². The van der Waals surface area contributed by atoms with Gasteiger partial charge in [0.15, 0.2) is 0 Å². The Hall–Kier alpha value is -3.71. The summed E-state index contributed by atoms with van der Waals surface area (Å²) in [5.41, 5.74) is 1.39. The van der Waals surface area contributed by atoms with E-state index in [9.17, 15) is 26.3 Å². The highest BCUT2D eigenvalue weighted by Gasteiger charge is 2.39. The molecule has 5 rings (SSSR count). The number of nitrogens with zero attached hydrogens (tertiary/aromatic N) is 1. The summed E-state index contributed by atoms with van der Waals surface area (Å²) >= 11 is 6.17. The number of halogens is 7. The SMILES string of the molecule is FC(F)(F)c1cccc(CN2CC(c3ccccc3)=C(c3ccccc3)c3cccc(C(F)(F)F)c32)c1Cl. The number of alkyl halides is 6. The Morgan fingerprint density at radius 2 is 1.18 bits per heavy atom. The molecule has 1 heterocycles. The van der Waals surface area contributed by atoms with Crippen molar-refractivity contribution in [1.82, 2.24) is 0 Å². The lowest BCUT2D eigenvalue weighted by Gasteiger charge is -2.37. The smallest absolute Gasteiger partial charge is 0.362 e. The predicted molar refractivity (Wildman–Crippen MR) is 138 cm³/mol. The summed E-state index contributed by atoms with van der Waals surface area (Å²) in [5, 5.41) is -0.523. The van der Waals surface area contributed by atoms with Gasteiger partial charge in [-0.25, -0.2) is 0 Å². The zero-order valence-corrected chi connectivity index (χ0v) is 20.5. The largest absolute Gasteiger partial charge is 0.418 e. The van der Waals surface area contributed by atoms with Crippen LogP contribution in [-0.4, -0.2) is 6.54 Å². The molecule has 1 nitrogen and oxygen atoms in total. The number of benzene rings is 4. The van der Waals surface area contributed by atoms with Crippen molar-refractivity contribution < 1.29 is 26.3 Å². The minimum atomic E-state index is -4.69. The molecule has 0 unspecified atom stereocenters. The van der Waals surface area contributed by atoms with Crippen LogP contribution in [0.2, 0.25) is 5.02 Å². The molecule has 8 heteroatoms. The minimum absolute atomic E-state index is 0.0287. The van der Waals surface area contributed by atoms with E-state index >= 15 is 0 Å². The monoisotopic (exact) mass is 543 g/mol. The van der Waals surface area contributed by atoms with Crippen LogP contribution in [0.1, 0.15) is 33.4 Å². The van der Waals surface area contributed by atoms with E-state index in [0.29, 0.717) is 11.1 Å². The standard InChI is InChI=1S/C30H20ClF6N/c31-27-21(13-7-15-24(27)29(32,33)34)17-38-18-23(19-9-3-1-4-10-19)26(20-11-5-2-6-12-20)22-14-8-16-25(28(22)38)30(35,36)37/h1-16H,17-18H2. The topological polar surface area (TPSA) is 3.24 Å². The first-order valence-corrected chi connectivity index (χ1v) is 12.1. The van der Waals surface area contributed by atoms with E-state index in [1.165, 1.54) is 23.1 Å². The third-order valence-corrected chi connectivity index (χ3v) is 6.95. The molecular weight excluding hydrogens is 524 g/mol. The Balaban J connectivity index is 1.76. The second kappa shape index (κ2) is 9.87. The number of para-hydroxylation sites is 1. The second-order valence-corrected chi connectivity index (χ2v) is 9.30. The molecule has 0 N–H and O–H groups in total. The third-order valence-electron chi connectivity index (χ3n) is 6.51. The lowest BCUT2D eigenvalue weighted by Crippen LogP contribution is -2.32. The predicted octanol–water partition coefficient (Wildman–Crippen LogP) is 9.36. The normalized spacial score (nSPS) is 14.0. The zero-order chi connectivity index (χ0) is 27.1. The average molecular weight is 544 g/mol. The Kier molecular flexibility index (Phi) is 6.73. The van der Waals surface area contributed by atoms with Crippen LogP contribution >= 0.6 is 11.6 Å². The van der Waals surface area contributed by atoms with Gasteiger partial charge in [0.1, 0.15) is 0 Å². The molecule has 0 aliphatic carbocycles. The Morgan fingerprint density at radius 1 is 0.632 bits per heavy atom. The Labute approximate surface area is 220 Å². The summed E-state index contributed by atoms with van der Waals surface area (Å²) in [6.45, 7) is -0.220. The van der Waals surface area contributed by atoms with E-state index < -0.39 is 28.5 Å². The van der Waals surface area contributed by atoms with Gasteiger partial charge in [-0.1, -0.05) is 96.5 Å². The van der Waals surface area contributed by atoms with Gasteiger partial charge in [-0.2, -0.15) is 26.3 Å². The fourth-order valence-corrected chi connectivity index (χ4v) is 5.19. The van der Waals surface area contributed by atoms with E-state index in [-0.39, 0.29) is 24.3 Å². The maximum Gasteiger partial charge on any atom is 0.418 e. The van der Waals surface area contributed by atoms with Gasteiger partial charge in [0, 0.05) is 18.7 Å². The second-order valence-electron chi connectivity index (χ2n) is 8.92. The van der Waals surface area contributed by atoms with Crippen molar-refractivity contribution in [2.75, 3.05) is 11.4 Å². The molecular formula is C30H20ClF6N. The summed E-state index contributed by atoms with van der Waals surface area (Å²) in [6, 6.07) is 25.8. The summed E-state index contributed by atoms with van der Waals surface area (Å²) in [5.74, 6) is 0. The van der Waals surface area contributed by atoms with Crippen molar-refractivity contribution in [2.45, 2.75) is 18.9 Å². The highest BCUT2D eigenvalue weighted by atomic mass is 35.5. The lowest BCUT2D eigenvalue weighted by atomic mass is 9.84. The molecule has 0 saturated heterocycles. The van der Waals surface area contributed by atoms with E-state index in [0.717, 1.165) is 28.8 Å². The van der Waals surface area contributed by atoms with E-state index in [2.05, 4.69) is 0 Å². The van der Waals surface area contributed by atoms with Crippen molar-refractivity contribution >= 4 is 28.4 Å². The molecule has 0 radical (unpaired) electrons. The summed E-state index contributed by atoms with van der Waals surface area (Å²) in [6.07, 6.45) is -9.38. The molecule has 0 spiro atoms. The molecule has 194 valence electrons. The Morgan fingerprint density at radius 3 is 1.79 bits per heavy atom. The summed E-state index contributed by atoms with van der Waals surface area (Å²) < 4.78 is 83.6. The van der Waals surface area contributed by atoms with Crippen LogP contribution in [0.25, 0.3) is 11.1 Å². The van der Waals surface area contributed by atoms with E-state index in [4.69, 9.17) is 11.6 Å². The van der Waals surface area contributed by atoms with E-state index in [1.807, 2.05) is 60.7 Å². The first-order valence-electron chi connectivity index (χ1n) is 11.7. The maximum absolute atomic E-state index is 14.3. The van der Waals surface area contributed by atoms with Crippen molar-refractivity contribution in [3.05, 3.63) is 135 Å². The molecule has 0 amide bonds. The van der Waals surface area contributed by atoms with Crippen molar-refractivity contribution in [3.8, 4) is 0 Å². The Bertz CT molecular complexity index is 1490. The van der Waals surface area contributed by atoms with Crippen molar-refractivity contribution in [3.63, 3.8) is 0 Å². The number of fused-ring (bicyclic) bond motifs is 1. The lowest BCUT2D eigenvalue weighted by molar-refractivity contribution is -0.138. The number of hydrogen-bond donors (Lipinski definition) is 0. The van der Waals surface area contributed by atoms with Gasteiger partial charge in [0.2, 0.25) is 0 Å². The highest BCUT2D eigenvalue weighted by Crippen LogP contribution is 2.48. The third kappa shape index (κ3) is 4.90. The zero-order valence-electron chi connectivity index (χ0n) is 19.7. The van der Waals surface area contributed by atoms with Gasteiger partial charge in [-0.05, 0) is 40.0 Å². The highest BCUT2D eigenvalue weighted by molar-refractivity contribution is 6.32. The van der Waals surface area contributed by atoms with Gasteiger partial charge in [-0.15, -0.1) is 0 Å². The van der Waals surface area contributed by atoms with Crippen LogP contribution in [-0.2, 0) is 18.9 Å². The van der Waals surface area contributed by atoms with Gasteiger partial charge in [-0.3, -0.25) is 0 Å². The van der Waals surface area contributed by atoms with Gasteiger partial charge in [0.05, 0.1) is 21.8 Å². The number of rotatable bonds is 4. The van der Waals surface area contributed by atoms with Crippen LogP contribution < -0.4 is 4.90 Å². The molecule has 0 bridgehead atoms. The average Bonchev–Trinajstić information content (AvgIpc) is 2.89. The molecule has 0 atom stereocenters. The molecule has 1 aliphatic rings. The minimum Gasteiger partial charge on any atom is -0.362 e. The van der Waals surface area contributed by atoms with Crippen LogP contribution in [0.5, 0.6) is 0 Å². The molecule has 0 aromatic heterocycles. The van der Waals surface area contributed by atoms with Crippen LogP contribution in [0.4, 0.5) is 32.0 Å². The van der Waals surface area contributed by atoms with Gasteiger partial charge < -0.3 is 4.90 Å². The van der Waals surface area contributed by atoms with Crippen LogP contribution in [0.15, 0.2) is 97.1 Å². The fourth-order valence-electron chi connectivity index (χ4n) is 4.90. The molecule has 0 fully saturated rings. The van der Waals surface area contributed by atoms with E-state index in [1.54, 1.807) is 6.07 Å². The molecule has 38 heavy (non-hydrogen) atoms. The summed E-state index contributed by atoms with van der Waals surface area (Å²) in [4.78, 5) is 1.47. The molecule has 0 saturated carbocycles. The molecule has 1 aliphatic heterocycles. The number of anilines is 1. The maximum atomic E-state index is 14.3. The molecule has 4 aromatic rings. The van der Waals surface area contributed by atoms with Gasteiger partial charge in [0.25, 0.3) is 0 Å². The quantitative estimate of drug-likeness (QED) is 0.232. The number of hydrogen-bond acceptors (Lipinski definition) is 1. The van der Waals surface area contributed by atoms with Gasteiger partial charge >= 0.3 is 12.4 Å². The first-order chi connectivity index (χ1) is 18.1. The van der Waals surface area contributed by atoms with Crippen LogP contribution in [0, 0.1) is 0 Å². The van der Waals surface area contributed by atoms with Crippen LogP contribution in [0.3, 0.4) is 0 Å². The fraction of sp³-hybridized carbons (Fsp3) is 0.133. The summed E-state index contributed by atoms with van der Waals surface area (Å²) in [7, 11) is 0. The first kappa shape index (κ1) is 25.9.